The number of hydrogen-bond acceptors (Lipinski definition) is 5. The molecule has 26 heavy (non-hydrogen) atoms. The largest absolute Gasteiger partial charge is 0.469 e. The van der Waals surface area contributed by atoms with Gasteiger partial charge < -0.3 is 14.1 Å². The molecule has 138 valence electrons. The summed E-state index contributed by atoms with van der Waals surface area (Å²) in [5, 5.41) is 0.853. The topological polar surface area (TPSA) is 59.8 Å². The van der Waals surface area contributed by atoms with Gasteiger partial charge in [-0.15, -0.1) is 0 Å². The summed E-state index contributed by atoms with van der Waals surface area (Å²) < 4.78 is 10.3. The van der Waals surface area contributed by atoms with Gasteiger partial charge in [0.25, 0.3) is 0 Å². The number of likely N-dealkylation sites (N-methyl/N-ethyl adjacent to an activating group) is 1. The molecule has 0 saturated carbocycles. The van der Waals surface area contributed by atoms with Crippen molar-refractivity contribution in [3.8, 4) is 0 Å². The first-order chi connectivity index (χ1) is 12.2. The van der Waals surface area contributed by atoms with E-state index in [0.29, 0.717) is 11.1 Å². The lowest BCUT2D eigenvalue weighted by atomic mass is 9.87. The molecule has 1 aromatic heterocycles. The summed E-state index contributed by atoms with van der Waals surface area (Å²) in [5.74, 6) is -0.451. The Morgan fingerprint density at radius 3 is 2.58 bits per heavy atom. The second kappa shape index (κ2) is 6.31. The van der Waals surface area contributed by atoms with E-state index in [1.54, 1.807) is 0 Å². The molecule has 0 bridgehead atoms. The van der Waals surface area contributed by atoms with Crippen LogP contribution in [0.15, 0.2) is 27.4 Å². The zero-order valence-electron chi connectivity index (χ0n) is 16.2. The number of aryl methyl sites for hydroxylation is 1. The van der Waals surface area contributed by atoms with Crippen molar-refractivity contribution in [2.45, 2.75) is 46.6 Å². The molecule has 1 aromatic carbocycles. The van der Waals surface area contributed by atoms with E-state index < -0.39 is 11.6 Å². The minimum Gasteiger partial charge on any atom is -0.469 e. The van der Waals surface area contributed by atoms with Crippen molar-refractivity contribution >= 4 is 28.2 Å². The second-order valence-corrected chi connectivity index (χ2v) is 7.34. The van der Waals surface area contributed by atoms with Gasteiger partial charge in [0, 0.05) is 29.2 Å². The summed E-state index contributed by atoms with van der Waals surface area (Å²) in [5.41, 5.74) is 4.46. The summed E-state index contributed by atoms with van der Waals surface area (Å²) in [6.45, 7) is 11.3. The van der Waals surface area contributed by atoms with Crippen molar-refractivity contribution in [2.24, 2.45) is 0 Å². The van der Waals surface area contributed by atoms with Crippen LogP contribution in [0.2, 0.25) is 0 Å². The molecule has 2 aromatic rings. The normalized spacial score (nSPS) is 15.6. The first kappa shape index (κ1) is 18.2. The monoisotopic (exact) mass is 355 g/mol. The number of methoxy groups -OCH3 is 1. The molecule has 0 atom stereocenters. The van der Waals surface area contributed by atoms with Gasteiger partial charge in [-0.2, -0.15) is 0 Å². The fourth-order valence-corrected chi connectivity index (χ4v) is 3.96. The predicted molar refractivity (Wildman–Crippen MR) is 104 cm³/mol. The molecule has 5 nitrogen and oxygen atoms in total. The van der Waals surface area contributed by atoms with Crippen molar-refractivity contribution in [1.29, 1.82) is 0 Å². The number of esters is 1. The van der Waals surface area contributed by atoms with Crippen LogP contribution in [0, 0.1) is 6.92 Å². The van der Waals surface area contributed by atoms with Crippen molar-refractivity contribution < 1.29 is 13.9 Å². The van der Waals surface area contributed by atoms with Crippen LogP contribution in [0.3, 0.4) is 0 Å². The Kier molecular flexibility index (Phi) is 4.42. The van der Waals surface area contributed by atoms with Crippen LogP contribution in [0.1, 0.15) is 44.4 Å². The molecule has 2 heterocycles. The highest BCUT2D eigenvalue weighted by Crippen LogP contribution is 2.41. The predicted octanol–water partition coefficient (Wildman–Crippen LogP) is 3.84. The third-order valence-electron chi connectivity index (χ3n) is 5.25. The summed E-state index contributed by atoms with van der Waals surface area (Å²) in [6, 6.07) is 4.01. The minimum absolute atomic E-state index is 0.0827. The first-order valence-electron chi connectivity index (χ1n) is 8.84. The summed E-state index contributed by atoms with van der Waals surface area (Å²) in [7, 11) is 1.31. The Labute approximate surface area is 153 Å². The Balaban J connectivity index is 2.28. The zero-order valence-corrected chi connectivity index (χ0v) is 16.2. The summed E-state index contributed by atoms with van der Waals surface area (Å²) >= 11 is 0. The van der Waals surface area contributed by atoms with Gasteiger partial charge in [0.1, 0.15) is 5.58 Å². The van der Waals surface area contributed by atoms with Gasteiger partial charge in [-0.1, -0.05) is 6.08 Å². The number of allylic oxidation sites excluding steroid dienone is 1. The molecular weight excluding hydrogens is 330 g/mol. The van der Waals surface area contributed by atoms with Crippen LogP contribution < -0.4 is 10.5 Å². The fourth-order valence-electron chi connectivity index (χ4n) is 3.96. The van der Waals surface area contributed by atoms with Gasteiger partial charge in [0.15, 0.2) is 0 Å². The summed E-state index contributed by atoms with van der Waals surface area (Å²) in [4.78, 5) is 26.4. The third-order valence-corrected chi connectivity index (χ3v) is 5.25. The van der Waals surface area contributed by atoms with Gasteiger partial charge >= 0.3 is 11.6 Å². The Morgan fingerprint density at radius 1 is 1.27 bits per heavy atom. The van der Waals surface area contributed by atoms with E-state index in [1.165, 1.54) is 12.7 Å². The number of fused-ring (bicyclic) bond motifs is 2. The van der Waals surface area contributed by atoms with Crippen molar-refractivity contribution in [3.63, 3.8) is 0 Å². The Morgan fingerprint density at radius 2 is 1.96 bits per heavy atom. The maximum absolute atomic E-state index is 12.4. The summed E-state index contributed by atoms with van der Waals surface area (Å²) in [6.07, 6.45) is 2.18. The van der Waals surface area contributed by atoms with E-state index in [1.807, 2.05) is 13.0 Å². The third kappa shape index (κ3) is 2.81. The van der Waals surface area contributed by atoms with Crippen LogP contribution in [0.25, 0.3) is 16.5 Å². The number of anilines is 1. The van der Waals surface area contributed by atoms with Crippen LogP contribution in [-0.4, -0.2) is 25.2 Å². The standard InChI is InChI=1S/C21H25NO4/c1-7-22-17-10-18-15(8-14(17)12(2)11-21(22,4)5)13(3)16(20(24)26-18)9-19(23)25-6/h8,10-11H,7,9H2,1-6H3. The number of carbonyl (C=O) groups excluding carboxylic acids is 1. The lowest BCUT2D eigenvalue weighted by Crippen LogP contribution is -2.44. The smallest absolute Gasteiger partial charge is 0.340 e. The van der Waals surface area contributed by atoms with Gasteiger partial charge in [-0.25, -0.2) is 4.79 Å². The number of ether oxygens (including phenoxy) is 1. The maximum atomic E-state index is 12.4. The molecule has 1 aliphatic rings. The molecule has 0 N–H and O–H groups in total. The molecule has 0 unspecified atom stereocenters. The van der Waals surface area contributed by atoms with Crippen LogP contribution in [0.4, 0.5) is 5.69 Å². The van der Waals surface area contributed by atoms with Crippen molar-refractivity contribution in [3.05, 3.63) is 45.3 Å². The van der Waals surface area contributed by atoms with Crippen molar-refractivity contribution in [2.75, 3.05) is 18.6 Å². The Bertz CT molecular complexity index is 982. The minimum atomic E-state index is -0.481. The molecule has 1 aliphatic heterocycles. The van der Waals surface area contributed by atoms with E-state index >= 15 is 0 Å². The van der Waals surface area contributed by atoms with Crippen molar-refractivity contribution in [1.82, 2.24) is 0 Å². The quantitative estimate of drug-likeness (QED) is 0.618. The molecule has 0 radical (unpaired) electrons. The molecule has 0 amide bonds. The Hall–Kier alpha value is -2.56. The number of nitrogens with zero attached hydrogens (tertiary/aromatic N) is 1. The lowest BCUT2D eigenvalue weighted by molar-refractivity contribution is -0.139. The van der Waals surface area contributed by atoms with Crippen LogP contribution in [-0.2, 0) is 16.0 Å². The van der Waals surface area contributed by atoms with Gasteiger partial charge in [0.2, 0.25) is 0 Å². The fraction of sp³-hybridized carbons (Fsp3) is 0.429. The van der Waals surface area contributed by atoms with E-state index in [-0.39, 0.29) is 12.0 Å². The maximum Gasteiger partial charge on any atom is 0.340 e. The van der Waals surface area contributed by atoms with E-state index in [4.69, 9.17) is 9.15 Å². The highest BCUT2D eigenvalue weighted by atomic mass is 16.5. The molecular formula is C21H25NO4. The molecule has 3 rings (SSSR count). The van der Waals surface area contributed by atoms with E-state index in [9.17, 15) is 9.59 Å². The SMILES string of the molecule is CCN1c2cc3oc(=O)c(CC(=O)OC)c(C)c3cc2C(C)=CC1(C)C. The molecule has 5 heteroatoms. The number of rotatable bonds is 3. The number of hydrogen-bond donors (Lipinski definition) is 0. The first-order valence-corrected chi connectivity index (χ1v) is 8.84. The average Bonchev–Trinajstić information content (AvgIpc) is 2.57. The van der Waals surface area contributed by atoms with E-state index in [0.717, 1.165) is 28.7 Å². The molecule has 0 fully saturated rings. The number of carbonyl (C=O) groups is 1. The molecule has 0 spiro atoms. The van der Waals surface area contributed by atoms with E-state index in [2.05, 4.69) is 44.7 Å². The molecule has 0 aliphatic carbocycles. The average molecular weight is 355 g/mol. The number of benzene rings is 1. The van der Waals surface area contributed by atoms with Gasteiger partial charge in [-0.05, 0) is 51.8 Å². The lowest BCUT2D eigenvalue weighted by Gasteiger charge is -2.42. The second-order valence-electron chi connectivity index (χ2n) is 7.34. The highest BCUT2D eigenvalue weighted by molar-refractivity contribution is 5.93. The van der Waals surface area contributed by atoms with Crippen LogP contribution in [0.5, 0.6) is 0 Å². The highest BCUT2D eigenvalue weighted by Gasteiger charge is 2.31. The zero-order chi connectivity index (χ0) is 19.2. The van der Waals surface area contributed by atoms with Gasteiger partial charge in [0.05, 0.1) is 24.6 Å². The molecule has 0 saturated heterocycles. The van der Waals surface area contributed by atoms with Gasteiger partial charge in [-0.3, -0.25) is 4.79 Å². The van der Waals surface area contributed by atoms with Crippen LogP contribution >= 0.6 is 0 Å².